The van der Waals surface area contributed by atoms with Crippen LogP contribution in [-0.4, -0.2) is 29.9 Å². The first-order chi connectivity index (χ1) is 22.7. The van der Waals surface area contributed by atoms with Crippen LogP contribution in [0.3, 0.4) is 0 Å². The summed E-state index contributed by atoms with van der Waals surface area (Å²) in [6.45, 7) is 0. The molecule has 0 unspecified atom stereocenters. The Morgan fingerprint density at radius 1 is 0.326 bits per heavy atom. The fourth-order valence-corrected chi connectivity index (χ4v) is 6.02. The Balaban J connectivity index is 0.993. The molecule has 0 atom stereocenters. The van der Waals surface area contributed by atoms with E-state index < -0.39 is 0 Å². The van der Waals surface area contributed by atoms with Crippen molar-refractivity contribution < 1.29 is 0 Å². The topological polar surface area (TPSA) is 77.3 Å². The minimum Gasteiger partial charge on any atom is -0.254 e. The van der Waals surface area contributed by atoms with Gasteiger partial charge in [0.05, 0.1) is 33.5 Å². The van der Waals surface area contributed by atoms with E-state index in [0.29, 0.717) is 5.82 Å². The lowest BCUT2D eigenvalue weighted by molar-refractivity contribution is 1.15. The normalized spacial score (nSPS) is 11.5. The second-order valence-electron chi connectivity index (χ2n) is 11.3. The molecule has 6 heteroatoms. The molecule has 9 rings (SSSR count). The van der Waals surface area contributed by atoms with Gasteiger partial charge in [-0.3, -0.25) is 4.98 Å². The summed E-state index contributed by atoms with van der Waals surface area (Å²) in [5, 5.41) is 4.33. The van der Waals surface area contributed by atoms with Crippen molar-refractivity contribution in [3.05, 3.63) is 146 Å². The van der Waals surface area contributed by atoms with Gasteiger partial charge in [0, 0.05) is 51.3 Å². The number of rotatable bonds is 4. The highest BCUT2D eigenvalue weighted by Crippen LogP contribution is 2.31. The maximum absolute atomic E-state index is 5.00. The monoisotopic (exact) mass is 588 g/mol. The van der Waals surface area contributed by atoms with Crippen molar-refractivity contribution in [1.29, 1.82) is 0 Å². The Labute approximate surface area is 264 Å². The van der Waals surface area contributed by atoms with Crippen LogP contribution in [0.2, 0.25) is 0 Å². The molecule has 0 radical (unpaired) electrons. The van der Waals surface area contributed by atoms with E-state index >= 15 is 0 Å². The summed E-state index contributed by atoms with van der Waals surface area (Å²) in [6.07, 6.45) is 5.28. The van der Waals surface area contributed by atoms with Crippen LogP contribution in [0.1, 0.15) is 0 Å². The third-order valence-corrected chi connectivity index (χ3v) is 8.42. The van der Waals surface area contributed by atoms with E-state index in [2.05, 4.69) is 124 Å². The lowest BCUT2D eigenvalue weighted by Gasteiger charge is -2.09. The fourth-order valence-electron chi connectivity index (χ4n) is 6.02. The van der Waals surface area contributed by atoms with Gasteiger partial charge in [-0.1, -0.05) is 72.8 Å². The van der Waals surface area contributed by atoms with Crippen LogP contribution in [0.5, 0.6) is 0 Å². The van der Waals surface area contributed by atoms with E-state index in [1.807, 2.05) is 18.3 Å². The highest BCUT2D eigenvalue weighted by Gasteiger charge is 2.10. The zero-order valence-corrected chi connectivity index (χ0v) is 24.5. The Kier molecular flexibility index (Phi) is 6.03. The molecule has 4 aromatic carbocycles. The van der Waals surface area contributed by atoms with E-state index in [4.69, 9.17) is 15.0 Å². The van der Waals surface area contributed by atoms with Gasteiger partial charge in [0.2, 0.25) is 0 Å². The van der Waals surface area contributed by atoms with Gasteiger partial charge >= 0.3 is 0 Å². The Bertz CT molecular complexity index is 2580. The molecule has 0 saturated heterocycles. The van der Waals surface area contributed by atoms with Gasteiger partial charge in [-0.2, -0.15) is 0 Å². The van der Waals surface area contributed by atoms with E-state index in [0.717, 1.165) is 82.9 Å². The lowest BCUT2D eigenvalue weighted by Crippen LogP contribution is -1.91. The average molecular weight is 589 g/mol. The van der Waals surface area contributed by atoms with Crippen LogP contribution in [0.15, 0.2) is 146 Å². The minimum atomic E-state index is 0.624. The smallest absolute Gasteiger partial charge is 0.178 e. The molecule has 5 heterocycles. The van der Waals surface area contributed by atoms with E-state index in [-0.39, 0.29) is 0 Å². The van der Waals surface area contributed by atoms with Crippen LogP contribution in [0, 0.1) is 0 Å². The molecule has 214 valence electrons. The Morgan fingerprint density at radius 3 is 1.50 bits per heavy atom. The highest BCUT2D eigenvalue weighted by atomic mass is 14.9. The molecule has 9 aromatic rings. The number of pyridine rings is 4. The SMILES string of the molecule is c1cnc(-c2ccc3cc(-c4ccc5nc(-c6ccc(-c7ccc8ccc9cccnc9c8n7)cc6)ccc5c4)ccc3n2)nc1. The fraction of sp³-hybridized carbons (Fsp3) is 0. The molecule has 6 nitrogen and oxygen atoms in total. The molecule has 0 N–H and O–H groups in total. The zero-order chi connectivity index (χ0) is 30.5. The van der Waals surface area contributed by atoms with Gasteiger partial charge in [-0.05, 0) is 65.7 Å². The summed E-state index contributed by atoms with van der Waals surface area (Å²) in [6, 6.07) is 43.7. The summed E-state index contributed by atoms with van der Waals surface area (Å²) >= 11 is 0. The molecule has 0 saturated carbocycles. The van der Waals surface area contributed by atoms with Crippen molar-refractivity contribution in [2.24, 2.45) is 0 Å². The predicted octanol–water partition coefficient (Wildman–Crippen LogP) is 9.34. The van der Waals surface area contributed by atoms with Gasteiger partial charge in [0.1, 0.15) is 5.69 Å². The number of benzene rings is 4. The quantitative estimate of drug-likeness (QED) is 0.191. The molecule has 0 aliphatic rings. The maximum atomic E-state index is 5.00. The standard InChI is InChI=1S/C40H24N6/c1-3-27-8-9-28-10-15-34(46-39(28)38(27)41-20-1)26-6-4-25(5-7-26)33-18-13-31-23-29(11-16-35(31)44-33)30-12-17-36-32(24-30)14-19-37(45-36)40-42-21-2-22-43-40/h1-24H. The van der Waals surface area contributed by atoms with E-state index in [9.17, 15) is 0 Å². The summed E-state index contributed by atoms with van der Waals surface area (Å²) in [5.74, 6) is 0.624. The van der Waals surface area contributed by atoms with Crippen molar-refractivity contribution in [1.82, 2.24) is 29.9 Å². The van der Waals surface area contributed by atoms with Gasteiger partial charge in [0.15, 0.2) is 5.82 Å². The van der Waals surface area contributed by atoms with Crippen molar-refractivity contribution >= 4 is 43.6 Å². The molecular formula is C40H24N6. The van der Waals surface area contributed by atoms with Gasteiger partial charge < -0.3 is 0 Å². The lowest BCUT2D eigenvalue weighted by atomic mass is 10.0. The number of aromatic nitrogens is 6. The van der Waals surface area contributed by atoms with Crippen molar-refractivity contribution in [2.45, 2.75) is 0 Å². The van der Waals surface area contributed by atoms with Crippen LogP contribution in [0.4, 0.5) is 0 Å². The van der Waals surface area contributed by atoms with Crippen LogP contribution in [-0.2, 0) is 0 Å². The first kappa shape index (κ1) is 26.0. The summed E-state index contributed by atoms with van der Waals surface area (Å²) in [4.78, 5) is 28.0. The number of fused-ring (bicyclic) bond motifs is 5. The zero-order valence-electron chi connectivity index (χ0n) is 24.5. The molecular weight excluding hydrogens is 564 g/mol. The molecule has 5 aromatic heterocycles. The molecule has 0 aliphatic carbocycles. The van der Waals surface area contributed by atoms with Gasteiger partial charge in [-0.25, -0.2) is 24.9 Å². The van der Waals surface area contributed by atoms with Crippen LogP contribution < -0.4 is 0 Å². The van der Waals surface area contributed by atoms with Crippen molar-refractivity contribution in [3.8, 4) is 45.2 Å². The maximum Gasteiger partial charge on any atom is 0.178 e. The first-order valence-corrected chi connectivity index (χ1v) is 15.1. The Hall–Kier alpha value is -6.40. The molecule has 0 aliphatic heterocycles. The molecule has 0 spiro atoms. The third-order valence-electron chi connectivity index (χ3n) is 8.42. The third kappa shape index (κ3) is 4.60. The molecule has 0 fully saturated rings. The van der Waals surface area contributed by atoms with Crippen LogP contribution >= 0.6 is 0 Å². The second kappa shape index (κ2) is 10.6. The molecule has 0 bridgehead atoms. The predicted molar refractivity (Wildman–Crippen MR) is 185 cm³/mol. The average Bonchev–Trinajstić information content (AvgIpc) is 3.14. The molecule has 46 heavy (non-hydrogen) atoms. The second-order valence-corrected chi connectivity index (χ2v) is 11.3. The van der Waals surface area contributed by atoms with Crippen molar-refractivity contribution in [3.63, 3.8) is 0 Å². The number of nitrogens with zero attached hydrogens (tertiary/aromatic N) is 6. The molecule has 0 amide bonds. The largest absolute Gasteiger partial charge is 0.254 e. The van der Waals surface area contributed by atoms with Crippen molar-refractivity contribution in [2.75, 3.05) is 0 Å². The number of hydrogen-bond acceptors (Lipinski definition) is 6. The summed E-state index contributed by atoms with van der Waals surface area (Å²) in [7, 11) is 0. The minimum absolute atomic E-state index is 0.624. The van der Waals surface area contributed by atoms with Gasteiger partial charge in [0.25, 0.3) is 0 Å². The first-order valence-electron chi connectivity index (χ1n) is 15.1. The van der Waals surface area contributed by atoms with E-state index in [1.165, 1.54) is 0 Å². The van der Waals surface area contributed by atoms with Crippen LogP contribution in [0.25, 0.3) is 88.8 Å². The van der Waals surface area contributed by atoms with Gasteiger partial charge in [-0.15, -0.1) is 0 Å². The number of hydrogen-bond donors (Lipinski definition) is 0. The summed E-state index contributed by atoms with van der Waals surface area (Å²) < 4.78 is 0. The highest BCUT2D eigenvalue weighted by molar-refractivity contribution is 6.03. The Morgan fingerprint density at radius 2 is 0.826 bits per heavy atom. The summed E-state index contributed by atoms with van der Waals surface area (Å²) in [5.41, 5.74) is 10.7. The van der Waals surface area contributed by atoms with E-state index in [1.54, 1.807) is 18.5 Å².